The van der Waals surface area contributed by atoms with Crippen LogP contribution in [0.1, 0.15) is 12.1 Å². The Balaban J connectivity index is 2.91. The Hall–Kier alpha value is -1.30. The van der Waals surface area contributed by atoms with Crippen LogP contribution in [0.5, 0.6) is 0 Å². The van der Waals surface area contributed by atoms with Crippen LogP contribution in [0.25, 0.3) is 0 Å². The van der Waals surface area contributed by atoms with Gasteiger partial charge in [-0.25, -0.2) is 8.42 Å². The minimum Gasteiger partial charge on any atom is -0.397 e. The van der Waals surface area contributed by atoms with Gasteiger partial charge in [-0.2, -0.15) is 0 Å². The van der Waals surface area contributed by atoms with Crippen LogP contribution >= 0.6 is 0 Å². The lowest BCUT2D eigenvalue weighted by Crippen LogP contribution is -2.28. The molecule has 0 aliphatic carbocycles. The Morgan fingerprint density at radius 1 is 1.47 bits per heavy atom. The molecular formula is C9H12N2O3S. The molecule has 2 heterocycles. The smallest absolute Gasteiger partial charge is 0.252 e. The van der Waals surface area contributed by atoms with Crippen molar-refractivity contribution in [3.8, 4) is 0 Å². The molecule has 5 nitrogen and oxygen atoms in total. The van der Waals surface area contributed by atoms with Gasteiger partial charge in [-0.15, -0.1) is 0 Å². The van der Waals surface area contributed by atoms with E-state index < -0.39 is 9.84 Å². The summed E-state index contributed by atoms with van der Waals surface area (Å²) in [4.78, 5) is 11.6. The van der Waals surface area contributed by atoms with Crippen molar-refractivity contribution in [1.82, 2.24) is 4.57 Å². The van der Waals surface area contributed by atoms with Crippen molar-refractivity contribution >= 4 is 15.5 Å². The molecule has 1 aromatic heterocycles. The van der Waals surface area contributed by atoms with Gasteiger partial charge in [0.2, 0.25) is 0 Å². The SMILES string of the molecule is Cn1c2c(c(N)cc1=O)S(=O)(=O)CCC2. The molecule has 1 aromatic rings. The van der Waals surface area contributed by atoms with E-state index in [1.165, 1.54) is 10.6 Å². The van der Waals surface area contributed by atoms with Crippen LogP contribution in [0.4, 0.5) is 5.69 Å². The summed E-state index contributed by atoms with van der Waals surface area (Å²) in [7, 11) is -1.73. The van der Waals surface area contributed by atoms with Crippen molar-refractivity contribution in [3.63, 3.8) is 0 Å². The summed E-state index contributed by atoms with van der Waals surface area (Å²) < 4.78 is 24.9. The van der Waals surface area contributed by atoms with Crippen molar-refractivity contribution in [2.24, 2.45) is 7.05 Å². The maximum Gasteiger partial charge on any atom is 0.252 e. The number of pyridine rings is 1. The number of nitrogens with two attached hydrogens (primary N) is 1. The molecule has 0 amide bonds. The molecule has 1 aliphatic heterocycles. The number of nitrogen functional groups attached to an aromatic ring is 1. The number of nitrogens with zero attached hydrogens (tertiary/aromatic N) is 1. The molecule has 15 heavy (non-hydrogen) atoms. The van der Waals surface area contributed by atoms with E-state index >= 15 is 0 Å². The van der Waals surface area contributed by atoms with E-state index in [1.807, 2.05) is 0 Å². The van der Waals surface area contributed by atoms with Crippen LogP contribution in [0.15, 0.2) is 15.8 Å². The summed E-state index contributed by atoms with van der Waals surface area (Å²) in [5.74, 6) is 0.113. The van der Waals surface area contributed by atoms with Gasteiger partial charge < -0.3 is 10.3 Å². The lowest BCUT2D eigenvalue weighted by molar-refractivity contribution is 0.578. The van der Waals surface area contributed by atoms with Gasteiger partial charge in [-0.3, -0.25) is 4.79 Å². The summed E-state index contributed by atoms with van der Waals surface area (Å²) in [5, 5.41) is 0. The number of hydrogen-bond donors (Lipinski definition) is 1. The summed E-state index contributed by atoms with van der Waals surface area (Å²) in [6, 6.07) is 1.17. The van der Waals surface area contributed by atoms with E-state index in [0.717, 1.165) is 0 Å². The molecule has 0 saturated heterocycles. The highest BCUT2D eigenvalue weighted by Crippen LogP contribution is 2.27. The second-order valence-corrected chi connectivity index (χ2v) is 5.74. The highest BCUT2D eigenvalue weighted by atomic mass is 32.2. The third-order valence-corrected chi connectivity index (χ3v) is 4.60. The summed E-state index contributed by atoms with van der Waals surface area (Å²) in [6.07, 6.45) is 1.14. The number of rotatable bonds is 0. The van der Waals surface area contributed by atoms with E-state index in [0.29, 0.717) is 18.5 Å². The number of hydrogen-bond acceptors (Lipinski definition) is 4. The number of fused-ring (bicyclic) bond motifs is 1. The largest absolute Gasteiger partial charge is 0.397 e. The monoisotopic (exact) mass is 228 g/mol. The van der Waals surface area contributed by atoms with E-state index in [9.17, 15) is 13.2 Å². The van der Waals surface area contributed by atoms with Gasteiger partial charge in [-0.1, -0.05) is 0 Å². The third-order valence-electron chi connectivity index (χ3n) is 2.68. The molecule has 0 aromatic carbocycles. The molecule has 0 unspecified atom stereocenters. The zero-order valence-corrected chi connectivity index (χ0v) is 9.17. The van der Waals surface area contributed by atoms with Crippen LogP contribution < -0.4 is 11.3 Å². The van der Waals surface area contributed by atoms with Crippen LogP contribution in [-0.2, 0) is 23.3 Å². The molecule has 0 fully saturated rings. The second kappa shape index (κ2) is 3.10. The predicted molar refractivity (Wildman–Crippen MR) is 56.5 cm³/mol. The molecule has 6 heteroatoms. The van der Waals surface area contributed by atoms with Crippen LogP contribution in [-0.4, -0.2) is 18.7 Å². The zero-order valence-electron chi connectivity index (χ0n) is 8.36. The first kappa shape index (κ1) is 10.2. The minimum atomic E-state index is -3.30. The molecule has 0 radical (unpaired) electrons. The summed E-state index contributed by atoms with van der Waals surface area (Å²) in [5.41, 5.74) is 5.94. The third kappa shape index (κ3) is 1.45. The van der Waals surface area contributed by atoms with E-state index in [1.54, 1.807) is 7.05 Å². The summed E-state index contributed by atoms with van der Waals surface area (Å²) >= 11 is 0. The fourth-order valence-electron chi connectivity index (χ4n) is 1.92. The zero-order chi connectivity index (χ0) is 11.2. The highest BCUT2D eigenvalue weighted by molar-refractivity contribution is 7.91. The molecule has 2 N–H and O–H groups in total. The van der Waals surface area contributed by atoms with Gasteiger partial charge in [0.25, 0.3) is 5.56 Å². The maximum atomic E-state index is 11.8. The number of anilines is 1. The lowest BCUT2D eigenvalue weighted by atomic mass is 10.2. The molecule has 0 bridgehead atoms. The van der Waals surface area contributed by atoms with E-state index in [4.69, 9.17) is 5.73 Å². The van der Waals surface area contributed by atoms with Crippen LogP contribution in [0.2, 0.25) is 0 Å². The molecule has 1 aliphatic rings. The number of sulfone groups is 1. The standard InChI is InChI=1S/C9H12N2O3S/c1-11-7-3-2-4-15(13,14)9(7)6(10)5-8(11)12/h5H,2-4,10H2,1H3. The Labute approximate surface area is 87.4 Å². The van der Waals surface area contributed by atoms with Crippen LogP contribution in [0, 0.1) is 0 Å². The quantitative estimate of drug-likeness (QED) is 0.660. The average Bonchev–Trinajstić information content (AvgIpc) is 2.12. The van der Waals surface area contributed by atoms with Crippen molar-refractivity contribution in [2.75, 3.05) is 11.5 Å². The van der Waals surface area contributed by atoms with Crippen molar-refractivity contribution in [1.29, 1.82) is 0 Å². The highest BCUT2D eigenvalue weighted by Gasteiger charge is 2.28. The fourth-order valence-corrected chi connectivity index (χ4v) is 3.66. The Kier molecular flexibility index (Phi) is 2.11. The van der Waals surface area contributed by atoms with Gasteiger partial charge in [0.05, 0.1) is 11.4 Å². The molecule has 0 spiro atoms. The Morgan fingerprint density at radius 2 is 2.13 bits per heavy atom. The topological polar surface area (TPSA) is 82.2 Å². The fraction of sp³-hybridized carbons (Fsp3) is 0.444. The average molecular weight is 228 g/mol. The maximum absolute atomic E-state index is 11.8. The van der Waals surface area contributed by atoms with E-state index in [2.05, 4.69) is 0 Å². The van der Waals surface area contributed by atoms with Crippen molar-refractivity contribution in [2.45, 2.75) is 17.7 Å². The molecule has 0 saturated carbocycles. The Morgan fingerprint density at radius 3 is 2.80 bits per heavy atom. The first-order valence-electron chi connectivity index (χ1n) is 4.64. The van der Waals surface area contributed by atoms with Crippen LogP contribution in [0.3, 0.4) is 0 Å². The molecule has 2 rings (SSSR count). The second-order valence-electron chi connectivity index (χ2n) is 3.70. The van der Waals surface area contributed by atoms with Gasteiger partial charge >= 0.3 is 0 Å². The van der Waals surface area contributed by atoms with Crippen molar-refractivity contribution in [3.05, 3.63) is 22.1 Å². The molecule has 82 valence electrons. The number of aromatic nitrogens is 1. The van der Waals surface area contributed by atoms with Gasteiger partial charge in [0.1, 0.15) is 4.90 Å². The van der Waals surface area contributed by atoms with Gasteiger partial charge in [0.15, 0.2) is 9.84 Å². The first-order chi connectivity index (χ1) is 6.93. The van der Waals surface area contributed by atoms with Crippen molar-refractivity contribution < 1.29 is 8.42 Å². The Bertz CT molecular complexity index is 572. The van der Waals surface area contributed by atoms with Gasteiger partial charge in [0, 0.05) is 18.8 Å². The minimum absolute atomic E-state index is 0.0767. The van der Waals surface area contributed by atoms with Gasteiger partial charge in [-0.05, 0) is 12.8 Å². The predicted octanol–water partition coefficient (Wildman–Crippen LogP) is -0.313. The molecular weight excluding hydrogens is 216 g/mol. The van der Waals surface area contributed by atoms with E-state index in [-0.39, 0.29) is 21.9 Å². The lowest BCUT2D eigenvalue weighted by Gasteiger charge is -2.20. The first-order valence-corrected chi connectivity index (χ1v) is 6.30. The summed E-state index contributed by atoms with van der Waals surface area (Å²) in [6.45, 7) is 0. The normalized spacial score (nSPS) is 18.5. The molecule has 0 atom stereocenters.